The SMILES string of the molecule is Cc1ccccc1OCCOCC(C)C. The number of aryl methyl sites for hydroxylation is 1. The van der Waals surface area contributed by atoms with Crippen molar-refractivity contribution in [3.8, 4) is 5.75 Å². The Bertz CT molecular complexity index is 282. The zero-order chi connectivity index (χ0) is 11.1. The van der Waals surface area contributed by atoms with Crippen LogP contribution in [0.4, 0.5) is 0 Å². The van der Waals surface area contributed by atoms with E-state index in [0.717, 1.165) is 12.4 Å². The molecule has 0 atom stereocenters. The van der Waals surface area contributed by atoms with Gasteiger partial charge in [-0.3, -0.25) is 0 Å². The summed E-state index contributed by atoms with van der Waals surface area (Å²) in [7, 11) is 0. The molecule has 0 aromatic heterocycles. The van der Waals surface area contributed by atoms with E-state index >= 15 is 0 Å². The van der Waals surface area contributed by atoms with Crippen LogP contribution in [-0.4, -0.2) is 19.8 Å². The van der Waals surface area contributed by atoms with Crippen LogP contribution in [-0.2, 0) is 4.74 Å². The molecule has 0 radical (unpaired) electrons. The Hall–Kier alpha value is -1.02. The Morgan fingerprint density at radius 2 is 1.87 bits per heavy atom. The zero-order valence-electron chi connectivity index (χ0n) is 9.82. The molecule has 0 bridgehead atoms. The number of benzene rings is 1. The normalized spacial score (nSPS) is 10.7. The largest absolute Gasteiger partial charge is 0.491 e. The van der Waals surface area contributed by atoms with Crippen LogP contribution in [0.25, 0.3) is 0 Å². The fourth-order valence-corrected chi connectivity index (χ4v) is 1.25. The first-order valence-corrected chi connectivity index (χ1v) is 5.46. The molecule has 1 aromatic rings. The van der Waals surface area contributed by atoms with Crippen molar-refractivity contribution in [1.82, 2.24) is 0 Å². The van der Waals surface area contributed by atoms with Crippen molar-refractivity contribution >= 4 is 0 Å². The van der Waals surface area contributed by atoms with Crippen molar-refractivity contribution in [2.24, 2.45) is 5.92 Å². The van der Waals surface area contributed by atoms with Crippen LogP contribution in [0.3, 0.4) is 0 Å². The Morgan fingerprint density at radius 3 is 2.53 bits per heavy atom. The van der Waals surface area contributed by atoms with E-state index < -0.39 is 0 Å². The van der Waals surface area contributed by atoms with E-state index in [4.69, 9.17) is 9.47 Å². The molecule has 0 saturated heterocycles. The van der Waals surface area contributed by atoms with E-state index in [1.54, 1.807) is 0 Å². The lowest BCUT2D eigenvalue weighted by Gasteiger charge is -2.10. The van der Waals surface area contributed by atoms with Gasteiger partial charge in [0, 0.05) is 6.61 Å². The third kappa shape index (κ3) is 4.84. The Kier molecular flexibility index (Phi) is 5.19. The van der Waals surface area contributed by atoms with Crippen molar-refractivity contribution in [1.29, 1.82) is 0 Å². The monoisotopic (exact) mass is 208 g/mol. The minimum absolute atomic E-state index is 0.587. The third-order valence-electron chi connectivity index (χ3n) is 2.03. The zero-order valence-corrected chi connectivity index (χ0v) is 9.82. The fourth-order valence-electron chi connectivity index (χ4n) is 1.25. The van der Waals surface area contributed by atoms with Crippen LogP contribution in [0, 0.1) is 12.8 Å². The molecule has 15 heavy (non-hydrogen) atoms. The number of hydrogen-bond donors (Lipinski definition) is 0. The van der Waals surface area contributed by atoms with Gasteiger partial charge >= 0.3 is 0 Å². The molecule has 1 rings (SSSR count). The molecular weight excluding hydrogens is 188 g/mol. The van der Waals surface area contributed by atoms with Crippen LogP contribution in [0.15, 0.2) is 24.3 Å². The smallest absolute Gasteiger partial charge is 0.122 e. The lowest BCUT2D eigenvalue weighted by atomic mass is 10.2. The van der Waals surface area contributed by atoms with Gasteiger partial charge in [0.05, 0.1) is 6.61 Å². The maximum atomic E-state index is 5.59. The van der Waals surface area contributed by atoms with Crippen LogP contribution in [0.5, 0.6) is 5.75 Å². The second-order valence-corrected chi connectivity index (χ2v) is 4.08. The summed E-state index contributed by atoms with van der Waals surface area (Å²) in [4.78, 5) is 0. The van der Waals surface area contributed by atoms with E-state index in [1.165, 1.54) is 5.56 Å². The summed E-state index contributed by atoms with van der Waals surface area (Å²) in [5, 5.41) is 0. The van der Waals surface area contributed by atoms with Gasteiger partial charge in [0.15, 0.2) is 0 Å². The second-order valence-electron chi connectivity index (χ2n) is 4.08. The first-order chi connectivity index (χ1) is 7.20. The van der Waals surface area contributed by atoms with Crippen molar-refractivity contribution < 1.29 is 9.47 Å². The van der Waals surface area contributed by atoms with Gasteiger partial charge in [-0.15, -0.1) is 0 Å². The molecule has 0 spiro atoms. The average molecular weight is 208 g/mol. The van der Waals surface area contributed by atoms with Crippen LogP contribution >= 0.6 is 0 Å². The molecule has 0 aliphatic heterocycles. The van der Waals surface area contributed by atoms with Crippen LogP contribution in [0.1, 0.15) is 19.4 Å². The first kappa shape index (κ1) is 12.1. The van der Waals surface area contributed by atoms with Gasteiger partial charge in [-0.25, -0.2) is 0 Å². The molecule has 0 heterocycles. The second kappa shape index (κ2) is 6.46. The van der Waals surface area contributed by atoms with Crippen LogP contribution in [0.2, 0.25) is 0 Å². The highest BCUT2D eigenvalue weighted by Gasteiger charge is 1.97. The predicted molar refractivity (Wildman–Crippen MR) is 62.3 cm³/mol. The first-order valence-electron chi connectivity index (χ1n) is 5.46. The molecule has 0 fully saturated rings. The molecule has 2 heteroatoms. The summed E-state index contributed by atoms with van der Waals surface area (Å²) in [6.45, 7) is 8.41. The van der Waals surface area contributed by atoms with Gasteiger partial charge in [-0.1, -0.05) is 32.0 Å². The number of hydrogen-bond acceptors (Lipinski definition) is 2. The van der Waals surface area contributed by atoms with E-state index in [2.05, 4.69) is 13.8 Å². The highest BCUT2D eigenvalue weighted by atomic mass is 16.5. The molecule has 2 nitrogen and oxygen atoms in total. The molecule has 84 valence electrons. The standard InChI is InChI=1S/C13H20O2/c1-11(2)10-14-8-9-15-13-7-5-4-6-12(13)3/h4-7,11H,8-10H2,1-3H3. The van der Waals surface area contributed by atoms with Crippen molar-refractivity contribution in [2.75, 3.05) is 19.8 Å². The Balaban J connectivity index is 2.18. The molecule has 0 saturated carbocycles. The lowest BCUT2D eigenvalue weighted by molar-refractivity contribution is 0.0817. The van der Waals surface area contributed by atoms with Gasteiger partial charge in [0.1, 0.15) is 12.4 Å². The Labute approximate surface area is 92.2 Å². The minimum Gasteiger partial charge on any atom is -0.491 e. The summed E-state index contributed by atoms with van der Waals surface area (Å²) in [5.41, 5.74) is 1.17. The third-order valence-corrected chi connectivity index (χ3v) is 2.03. The van der Waals surface area contributed by atoms with Crippen molar-refractivity contribution in [3.05, 3.63) is 29.8 Å². The van der Waals surface area contributed by atoms with Gasteiger partial charge < -0.3 is 9.47 Å². The fraction of sp³-hybridized carbons (Fsp3) is 0.538. The molecule has 0 unspecified atom stereocenters. The maximum absolute atomic E-state index is 5.59. The van der Waals surface area contributed by atoms with Crippen molar-refractivity contribution in [3.63, 3.8) is 0 Å². The minimum atomic E-state index is 0.587. The predicted octanol–water partition coefficient (Wildman–Crippen LogP) is 3.05. The van der Waals surface area contributed by atoms with E-state index in [1.807, 2.05) is 31.2 Å². The molecule has 1 aromatic carbocycles. The molecular formula is C13H20O2. The highest BCUT2D eigenvalue weighted by molar-refractivity contribution is 5.31. The topological polar surface area (TPSA) is 18.5 Å². The van der Waals surface area contributed by atoms with Gasteiger partial charge in [-0.2, -0.15) is 0 Å². The van der Waals surface area contributed by atoms with E-state index in [0.29, 0.717) is 19.1 Å². The highest BCUT2D eigenvalue weighted by Crippen LogP contribution is 2.15. The number of ether oxygens (including phenoxy) is 2. The van der Waals surface area contributed by atoms with Crippen molar-refractivity contribution in [2.45, 2.75) is 20.8 Å². The molecule has 0 aliphatic rings. The molecule has 0 amide bonds. The van der Waals surface area contributed by atoms with Crippen LogP contribution < -0.4 is 4.74 Å². The van der Waals surface area contributed by atoms with Gasteiger partial charge in [0.25, 0.3) is 0 Å². The number of rotatable bonds is 6. The van der Waals surface area contributed by atoms with Gasteiger partial charge in [-0.05, 0) is 24.5 Å². The summed E-state index contributed by atoms with van der Waals surface area (Å²) < 4.78 is 11.0. The van der Waals surface area contributed by atoms with E-state index in [9.17, 15) is 0 Å². The summed E-state index contributed by atoms with van der Waals surface area (Å²) in [5.74, 6) is 1.54. The average Bonchev–Trinajstić information content (AvgIpc) is 2.20. The molecule has 0 aliphatic carbocycles. The summed E-state index contributed by atoms with van der Waals surface area (Å²) in [6, 6.07) is 8.02. The maximum Gasteiger partial charge on any atom is 0.122 e. The quantitative estimate of drug-likeness (QED) is 0.669. The number of para-hydroxylation sites is 1. The van der Waals surface area contributed by atoms with E-state index in [-0.39, 0.29) is 0 Å². The summed E-state index contributed by atoms with van der Waals surface area (Å²) in [6.07, 6.45) is 0. The summed E-state index contributed by atoms with van der Waals surface area (Å²) >= 11 is 0. The molecule has 0 N–H and O–H groups in total. The lowest BCUT2D eigenvalue weighted by Crippen LogP contribution is -2.10. The van der Waals surface area contributed by atoms with Gasteiger partial charge in [0.2, 0.25) is 0 Å². The Morgan fingerprint density at radius 1 is 1.13 bits per heavy atom.